The molecule has 0 heterocycles. The maximum atomic E-state index is 12.2. The summed E-state index contributed by atoms with van der Waals surface area (Å²) in [6.07, 6.45) is 1.41. The molecular formula is C19H22O2. The lowest BCUT2D eigenvalue weighted by molar-refractivity contribution is 0.0977. The molecule has 2 aromatic rings. The van der Waals surface area contributed by atoms with Gasteiger partial charge in [0.25, 0.3) is 0 Å². The Kier molecular flexibility index (Phi) is 5.15. The van der Waals surface area contributed by atoms with Gasteiger partial charge in [0.2, 0.25) is 0 Å². The zero-order valence-electron chi connectivity index (χ0n) is 13.0. The highest BCUT2D eigenvalue weighted by Gasteiger charge is 2.12. The van der Waals surface area contributed by atoms with Crippen LogP contribution in [0.15, 0.2) is 42.5 Å². The number of ether oxygens (including phenoxy) is 1. The van der Waals surface area contributed by atoms with E-state index in [2.05, 4.69) is 31.2 Å². The molecule has 21 heavy (non-hydrogen) atoms. The van der Waals surface area contributed by atoms with Gasteiger partial charge in [0, 0.05) is 6.42 Å². The monoisotopic (exact) mass is 282 g/mol. The van der Waals surface area contributed by atoms with Gasteiger partial charge in [-0.1, -0.05) is 48.4 Å². The smallest absolute Gasteiger partial charge is 0.166 e. The molecule has 0 N–H and O–H groups in total. The standard InChI is InChI=1S/C19H22O2/c1-4-5-18(20)17-12-15(3)8-11-19(17)21-13-16-9-6-14(2)7-10-16/h6-12H,4-5,13H2,1-3H3. The summed E-state index contributed by atoms with van der Waals surface area (Å²) in [5, 5.41) is 0. The predicted octanol–water partition coefficient (Wildman–Crippen LogP) is 4.87. The first-order chi connectivity index (χ1) is 10.1. The second kappa shape index (κ2) is 7.07. The van der Waals surface area contributed by atoms with Crippen molar-refractivity contribution in [2.75, 3.05) is 0 Å². The van der Waals surface area contributed by atoms with Gasteiger partial charge in [-0.05, 0) is 38.0 Å². The van der Waals surface area contributed by atoms with E-state index in [0.717, 1.165) is 17.5 Å². The molecule has 0 atom stereocenters. The molecule has 0 bridgehead atoms. The molecule has 0 spiro atoms. The first-order valence-electron chi connectivity index (χ1n) is 7.42. The summed E-state index contributed by atoms with van der Waals surface area (Å²) >= 11 is 0. The van der Waals surface area contributed by atoms with Crippen LogP contribution in [-0.4, -0.2) is 5.78 Å². The van der Waals surface area contributed by atoms with Crippen LogP contribution in [0, 0.1) is 13.8 Å². The zero-order valence-corrected chi connectivity index (χ0v) is 13.0. The first-order valence-corrected chi connectivity index (χ1v) is 7.42. The quantitative estimate of drug-likeness (QED) is 0.707. The maximum absolute atomic E-state index is 12.2. The van der Waals surface area contributed by atoms with Crippen molar-refractivity contribution in [1.82, 2.24) is 0 Å². The Bertz CT molecular complexity index is 612. The van der Waals surface area contributed by atoms with Crippen molar-refractivity contribution in [3.8, 4) is 5.75 Å². The summed E-state index contributed by atoms with van der Waals surface area (Å²) in [7, 11) is 0. The number of aryl methyl sites for hydroxylation is 2. The molecule has 0 unspecified atom stereocenters. The third-order valence-electron chi connectivity index (χ3n) is 3.43. The molecule has 0 radical (unpaired) electrons. The van der Waals surface area contributed by atoms with Crippen LogP contribution in [0.3, 0.4) is 0 Å². The summed E-state index contributed by atoms with van der Waals surface area (Å²) in [6, 6.07) is 14.0. The Morgan fingerprint density at radius 1 is 1.00 bits per heavy atom. The van der Waals surface area contributed by atoms with Crippen LogP contribution in [0.2, 0.25) is 0 Å². The third-order valence-corrected chi connectivity index (χ3v) is 3.43. The first kappa shape index (κ1) is 15.3. The van der Waals surface area contributed by atoms with Gasteiger partial charge in [-0.15, -0.1) is 0 Å². The molecule has 2 aromatic carbocycles. The van der Waals surface area contributed by atoms with E-state index in [4.69, 9.17) is 4.74 Å². The molecule has 110 valence electrons. The number of hydrogen-bond acceptors (Lipinski definition) is 2. The lowest BCUT2D eigenvalue weighted by Gasteiger charge is -2.12. The van der Waals surface area contributed by atoms with Crippen LogP contribution in [0.1, 0.15) is 46.8 Å². The number of benzene rings is 2. The van der Waals surface area contributed by atoms with Gasteiger partial charge in [-0.2, -0.15) is 0 Å². The molecule has 2 nitrogen and oxygen atoms in total. The Morgan fingerprint density at radius 2 is 1.67 bits per heavy atom. The third kappa shape index (κ3) is 4.19. The average molecular weight is 282 g/mol. The van der Waals surface area contributed by atoms with Crippen molar-refractivity contribution in [3.05, 3.63) is 64.7 Å². The van der Waals surface area contributed by atoms with Crippen LogP contribution in [-0.2, 0) is 6.61 Å². The minimum atomic E-state index is 0.153. The summed E-state index contributed by atoms with van der Waals surface area (Å²) in [6.45, 7) is 6.55. The molecule has 0 aliphatic heterocycles. The van der Waals surface area contributed by atoms with E-state index in [1.54, 1.807) is 0 Å². The fraction of sp³-hybridized carbons (Fsp3) is 0.316. The van der Waals surface area contributed by atoms with E-state index < -0.39 is 0 Å². The molecule has 2 heteroatoms. The molecule has 2 rings (SSSR count). The van der Waals surface area contributed by atoms with Crippen LogP contribution >= 0.6 is 0 Å². The molecule has 0 fully saturated rings. The largest absolute Gasteiger partial charge is 0.488 e. The van der Waals surface area contributed by atoms with Gasteiger partial charge in [0.1, 0.15) is 12.4 Å². The maximum Gasteiger partial charge on any atom is 0.166 e. The van der Waals surface area contributed by atoms with E-state index in [0.29, 0.717) is 24.3 Å². The summed E-state index contributed by atoms with van der Waals surface area (Å²) < 4.78 is 5.86. The normalized spacial score (nSPS) is 10.4. The van der Waals surface area contributed by atoms with E-state index in [1.807, 2.05) is 32.0 Å². The van der Waals surface area contributed by atoms with Crippen LogP contribution < -0.4 is 4.74 Å². The van der Waals surface area contributed by atoms with Gasteiger partial charge in [-0.3, -0.25) is 4.79 Å². The van der Waals surface area contributed by atoms with Crippen molar-refractivity contribution in [3.63, 3.8) is 0 Å². The van der Waals surface area contributed by atoms with E-state index in [9.17, 15) is 4.79 Å². The van der Waals surface area contributed by atoms with Gasteiger partial charge in [-0.25, -0.2) is 0 Å². The second-order valence-corrected chi connectivity index (χ2v) is 5.45. The Labute approximate surface area is 126 Å². The van der Waals surface area contributed by atoms with Crippen molar-refractivity contribution < 1.29 is 9.53 Å². The molecule has 0 aliphatic rings. The molecule has 0 saturated carbocycles. The molecular weight excluding hydrogens is 260 g/mol. The summed E-state index contributed by atoms with van der Waals surface area (Å²) in [4.78, 5) is 12.2. The number of Topliss-reactive ketones (excluding diaryl/α,β-unsaturated/α-hetero) is 1. The van der Waals surface area contributed by atoms with Crippen molar-refractivity contribution >= 4 is 5.78 Å². The fourth-order valence-corrected chi connectivity index (χ4v) is 2.19. The van der Waals surface area contributed by atoms with Crippen molar-refractivity contribution in [2.45, 2.75) is 40.2 Å². The van der Waals surface area contributed by atoms with E-state index in [-0.39, 0.29) is 5.78 Å². The lowest BCUT2D eigenvalue weighted by atomic mass is 10.0. The van der Waals surface area contributed by atoms with Crippen LogP contribution in [0.5, 0.6) is 5.75 Å². The molecule has 0 aromatic heterocycles. The minimum Gasteiger partial charge on any atom is -0.488 e. The number of hydrogen-bond donors (Lipinski definition) is 0. The summed E-state index contributed by atoms with van der Waals surface area (Å²) in [5.41, 5.74) is 4.11. The number of rotatable bonds is 6. The highest BCUT2D eigenvalue weighted by atomic mass is 16.5. The van der Waals surface area contributed by atoms with Crippen molar-refractivity contribution in [1.29, 1.82) is 0 Å². The highest BCUT2D eigenvalue weighted by molar-refractivity contribution is 5.98. The average Bonchev–Trinajstić information content (AvgIpc) is 2.48. The van der Waals surface area contributed by atoms with Crippen LogP contribution in [0.4, 0.5) is 0 Å². The van der Waals surface area contributed by atoms with Crippen molar-refractivity contribution in [2.24, 2.45) is 0 Å². The van der Waals surface area contributed by atoms with E-state index >= 15 is 0 Å². The SMILES string of the molecule is CCCC(=O)c1cc(C)ccc1OCc1ccc(C)cc1. The predicted molar refractivity (Wildman–Crippen MR) is 85.9 cm³/mol. The number of carbonyl (C=O) groups is 1. The Hall–Kier alpha value is -2.09. The van der Waals surface area contributed by atoms with E-state index in [1.165, 1.54) is 5.56 Å². The van der Waals surface area contributed by atoms with Gasteiger partial charge in [0.05, 0.1) is 5.56 Å². The second-order valence-electron chi connectivity index (χ2n) is 5.45. The van der Waals surface area contributed by atoms with Gasteiger partial charge < -0.3 is 4.74 Å². The fourth-order valence-electron chi connectivity index (χ4n) is 2.19. The lowest BCUT2D eigenvalue weighted by Crippen LogP contribution is -2.04. The summed E-state index contributed by atoms with van der Waals surface area (Å²) in [5.74, 6) is 0.833. The Morgan fingerprint density at radius 3 is 2.33 bits per heavy atom. The highest BCUT2D eigenvalue weighted by Crippen LogP contribution is 2.23. The van der Waals surface area contributed by atoms with Gasteiger partial charge >= 0.3 is 0 Å². The number of ketones is 1. The topological polar surface area (TPSA) is 26.3 Å². The zero-order chi connectivity index (χ0) is 15.2. The molecule has 0 amide bonds. The number of carbonyl (C=O) groups excluding carboxylic acids is 1. The Balaban J connectivity index is 2.15. The van der Waals surface area contributed by atoms with Gasteiger partial charge in [0.15, 0.2) is 5.78 Å². The molecule has 0 saturated heterocycles. The minimum absolute atomic E-state index is 0.153. The molecule has 0 aliphatic carbocycles. The van der Waals surface area contributed by atoms with Crippen LogP contribution in [0.25, 0.3) is 0 Å².